The maximum atomic E-state index is 11.4. The summed E-state index contributed by atoms with van der Waals surface area (Å²) in [4.78, 5) is 20.2. The van der Waals surface area contributed by atoms with E-state index < -0.39 is 0 Å². The molecule has 6 heteroatoms. The molecule has 1 N–H and O–H groups in total. The van der Waals surface area contributed by atoms with Crippen LogP contribution in [0, 0.1) is 0 Å². The van der Waals surface area contributed by atoms with Gasteiger partial charge in [-0.2, -0.15) is 0 Å². The lowest BCUT2D eigenvalue weighted by molar-refractivity contribution is -0.123. The minimum absolute atomic E-state index is 0.0740. The van der Waals surface area contributed by atoms with Gasteiger partial charge < -0.3 is 10.1 Å². The fourth-order valence-corrected chi connectivity index (χ4v) is 1.78. The monoisotopic (exact) mass is 249 g/mol. The van der Waals surface area contributed by atoms with E-state index in [1.165, 1.54) is 0 Å². The Kier molecular flexibility index (Phi) is 4.04. The number of nitrogens with one attached hydrogen (secondary N) is 1. The Balaban J connectivity index is 1.71. The Morgan fingerprint density at radius 3 is 2.88 bits per heavy atom. The zero-order valence-electron chi connectivity index (χ0n) is 9.00. The molecule has 17 heavy (non-hydrogen) atoms. The number of rotatable bonds is 5. The number of ether oxygens (including phenoxy) is 1. The maximum Gasteiger partial charge on any atom is 0.316 e. The van der Waals surface area contributed by atoms with Crippen LogP contribution in [0.15, 0.2) is 36.0 Å². The fraction of sp³-hybridized carbons (Fsp3) is 0.182. The minimum atomic E-state index is -0.189. The molecule has 0 aromatic carbocycles. The molecular weight excluding hydrogens is 238 g/mol. The van der Waals surface area contributed by atoms with E-state index >= 15 is 0 Å². The van der Waals surface area contributed by atoms with Gasteiger partial charge in [-0.3, -0.25) is 4.79 Å². The van der Waals surface area contributed by atoms with Crippen LogP contribution in [0.3, 0.4) is 0 Å². The molecule has 2 aromatic rings. The first kappa shape index (κ1) is 11.5. The quantitative estimate of drug-likeness (QED) is 0.865. The predicted molar refractivity (Wildman–Crippen MR) is 63.7 cm³/mol. The van der Waals surface area contributed by atoms with Crippen molar-refractivity contribution in [1.29, 1.82) is 0 Å². The molecule has 2 rings (SSSR count). The number of aromatic nitrogens is 2. The number of hydrogen-bond donors (Lipinski definition) is 1. The summed E-state index contributed by atoms with van der Waals surface area (Å²) in [5, 5.41) is 4.71. The Morgan fingerprint density at radius 1 is 1.35 bits per heavy atom. The van der Waals surface area contributed by atoms with Crippen LogP contribution in [0.5, 0.6) is 6.01 Å². The highest BCUT2D eigenvalue weighted by molar-refractivity contribution is 7.09. The van der Waals surface area contributed by atoms with Crippen molar-refractivity contribution in [2.45, 2.75) is 6.54 Å². The molecule has 0 saturated carbocycles. The second-order valence-electron chi connectivity index (χ2n) is 3.18. The van der Waals surface area contributed by atoms with Crippen molar-refractivity contribution in [2.75, 3.05) is 6.61 Å². The molecule has 2 heterocycles. The molecule has 0 unspecified atom stereocenters. The Morgan fingerprint density at radius 2 is 2.18 bits per heavy atom. The summed E-state index contributed by atoms with van der Waals surface area (Å²) in [5.41, 5.74) is 0. The second-order valence-corrected chi connectivity index (χ2v) is 4.21. The van der Waals surface area contributed by atoms with Gasteiger partial charge in [0.15, 0.2) is 6.61 Å². The van der Waals surface area contributed by atoms with Crippen molar-refractivity contribution in [1.82, 2.24) is 15.3 Å². The van der Waals surface area contributed by atoms with Crippen LogP contribution in [0.2, 0.25) is 0 Å². The van der Waals surface area contributed by atoms with E-state index in [4.69, 9.17) is 4.74 Å². The first-order valence-electron chi connectivity index (χ1n) is 5.03. The van der Waals surface area contributed by atoms with Gasteiger partial charge in [0, 0.05) is 17.3 Å². The van der Waals surface area contributed by atoms with E-state index in [1.54, 1.807) is 29.8 Å². The van der Waals surface area contributed by atoms with Crippen molar-refractivity contribution >= 4 is 17.2 Å². The molecule has 0 saturated heterocycles. The van der Waals surface area contributed by atoms with Crippen molar-refractivity contribution in [2.24, 2.45) is 0 Å². The smallest absolute Gasteiger partial charge is 0.316 e. The standard InChI is InChI=1S/C11H11N3O2S/c15-10(14-7-9-3-1-6-17-9)8-16-11-12-4-2-5-13-11/h1-6H,7-8H2,(H,14,15). The summed E-state index contributed by atoms with van der Waals surface area (Å²) < 4.78 is 5.11. The molecule has 0 fully saturated rings. The van der Waals surface area contributed by atoms with Crippen LogP contribution in [-0.4, -0.2) is 22.5 Å². The van der Waals surface area contributed by atoms with E-state index in [9.17, 15) is 4.79 Å². The van der Waals surface area contributed by atoms with Crippen molar-refractivity contribution in [3.8, 4) is 6.01 Å². The highest BCUT2D eigenvalue weighted by Gasteiger charge is 2.03. The number of hydrogen-bond acceptors (Lipinski definition) is 5. The zero-order valence-corrected chi connectivity index (χ0v) is 9.81. The van der Waals surface area contributed by atoms with Crippen molar-refractivity contribution in [3.63, 3.8) is 0 Å². The number of nitrogens with zero attached hydrogens (tertiary/aromatic N) is 2. The van der Waals surface area contributed by atoms with Crippen LogP contribution >= 0.6 is 11.3 Å². The van der Waals surface area contributed by atoms with E-state index in [2.05, 4.69) is 15.3 Å². The number of amides is 1. The summed E-state index contributed by atoms with van der Waals surface area (Å²) >= 11 is 1.60. The first-order valence-corrected chi connectivity index (χ1v) is 5.91. The van der Waals surface area contributed by atoms with Crippen LogP contribution in [-0.2, 0) is 11.3 Å². The van der Waals surface area contributed by atoms with E-state index in [0.717, 1.165) is 4.88 Å². The summed E-state index contributed by atoms with van der Waals surface area (Å²) in [6, 6.07) is 5.80. The van der Waals surface area contributed by atoms with Gasteiger partial charge in [0.05, 0.1) is 6.54 Å². The van der Waals surface area contributed by atoms with Crippen LogP contribution < -0.4 is 10.1 Å². The SMILES string of the molecule is O=C(COc1ncccn1)NCc1cccs1. The molecule has 0 aliphatic heterocycles. The second kappa shape index (κ2) is 5.95. The lowest BCUT2D eigenvalue weighted by atomic mass is 10.4. The summed E-state index contributed by atoms with van der Waals surface area (Å²) in [6.07, 6.45) is 3.12. The number of carbonyl (C=O) groups is 1. The molecule has 0 aliphatic rings. The molecule has 0 atom stereocenters. The van der Waals surface area contributed by atoms with E-state index in [-0.39, 0.29) is 18.5 Å². The van der Waals surface area contributed by atoms with Gasteiger partial charge in [-0.1, -0.05) is 6.07 Å². The predicted octanol–water partition coefficient (Wildman–Crippen LogP) is 1.23. The Labute approximate surface area is 102 Å². The number of thiophene rings is 1. The van der Waals surface area contributed by atoms with E-state index in [1.807, 2.05) is 17.5 Å². The van der Waals surface area contributed by atoms with Gasteiger partial charge in [-0.05, 0) is 17.5 Å². The first-order chi connectivity index (χ1) is 8.34. The van der Waals surface area contributed by atoms with Crippen LogP contribution in [0.25, 0.3) is 0 Å². The highest BCUT2D eigenvalue weighted by Crippen LogP contribution is 2.07. The molecule has 0 bridgehead atoms. The third-order valence-corrected chi connectivity index (χ3v) is 2.79. The van der Waals surface area contributed by atoms with Gasteiger partial charge in [0.1, 0.15) is 0 Å². The normalized spacial score (nSPS) is 9.88. The molecule has 88 valence electrons. The molecule has 2 aromatic heterocycles. The van der Waals surface area contributed by atoms with Crippen molar-refractivity contribution < 1.29 is 9.53 Å². The molecule has 0 aliphatic carbocycles. The molecule has 0 spiro atoms. The van der Waals surface area contributed by atoms with Gasteiger partial charge in [-0.15, -0.1) is 11.3 Å². The average Bonchev–Trinajstić information content (AvgIpc) is 2.88. The lowest BCUT2D eigenvalue weighted by Crippen LogP contribution is -2.28. The van der Waals surface area contributed by atoms with Gasteiger partial charge >= 0.3 is 6.01 Å². The van der Waals surface area contributed by atoms with Crippen LogP contribution in [0.4, 0.5) is 0 Å². The Bertz CT molecular complexity index is 459. The third-order valence-electron chi connectivity index (χ3n) is 1.91. The maximum absolute atomic E-state index is 11.4. The highest BCUT2D eigenvalue weighted by atomic mass is 32.1. The fourth-order valence-electron chi connectivity index (χ4n) is 1.14. The van der Waals surface area contributed by atoms with Gasteiger partial charge in [-0.25, -0.2) is 9.97 Å². The Hall–Kier alpha value is -1.95. The topological polar surface area (TPSA) is 64.1 Å². The summed E-state index contributed by atoms with van der Waals surface area (Å²) in [6.45, 7) is 0.449. The van der Waals surface area contributed by atoms with Crippen LogP contribution in [0.1, 0.15) is 4.88 Å². The van der Waals surface area contributed by atoms with Gasteiger partial charge in [0.25, 0.3) is 5.91 Å². The summed E-state index contributed by atoms with van der Waals surface area (Å²) in [7, 11) is 0. The zero-order chi connectivity index (χ0) is 11.9. The summed E-state index contributed by atoms with van der Waals surface area (Å²) in [5.74, 6) is -0.189. The van der Waals surface area contributed by atoms with Crippen molar-refractivity contribution in [3.05, 3.63) is 40.8 Å². The third kappa shape index (κ3) is 3.84. The molecule has 5 nitrogen and oxygen atoms in total. The average molecular weight is 249 g/mol. The number of carbonyl (C=O) groups excluding carboxylic acids is 1. The van der Waals surface area contributed by atoms with E-state index in [0.29, 0.717) is 6.54 Å². The molecule has 1 amide bonds. The largest absolute Gasteiger partial charge is 0.453 e. The molecular formula is C11H11N3O2S. The molecule has 0 radical (unpaired) electrons. The van der Waals surface area contributed by atoms with Gasteiger partial charge in [0.2, 0.25) is 0 Å². The minimum Gasteiger partial charge on any atom is -0.453 e. The lowest BCUT2D eigenvalue weighted by Gasteiger charge is -2.04.